The SMILES string of the molecule is Cc1ccc2c(Cl)c(C(=O)NN=C3CC4C=CCC34)sc2c1. The van der Waals surface area contributed by atoms with Gasteiger partial charge in [-0.25, -0.2) is 5.43 Å². The minimum absolute atomic E-state index is 0.217. The molecule has 0 saturated heterocycles. The minimum Gasteiger partial charge on any atom is -0.266 e. The third-order valence-corrected chi connectivity index (χ3v) is 6.11. The molecule has 1 amide bonds. The van der Waals surface area contributed by atoms with E-state index in [0.717, 1.165) is 34.2 Å². The summed E-state index contributed by atoms with van der Waals surface area (Å²) in [5.41, 5.74) is 4.93. The smallest absolute Gasteiger partial charge is 0.266 e. The first kappa shape index (κ1) is 14.0. The Hall–Kier alpha value is -1.65. The normalized spacial score (nSPS) is 24.5. The molecule has 1 aromatic carbocycles. The zero-order valence-corrected chi connectivity index (χ0v) is 13.7. The van der Waals surface area contributed by atoms with E-state index in [1.807, 2.05) is 19.1 Å². The van der Waals surface area contributed by atoms with Crippen molar-refractivity contribution in [1.82, 2.24) is 5.43 Å². The molecule has 2 unspecified atom stereocenters. The number of amides is 1. The third-order valence-electron chi connectivity index (χ3n) is 4.46. The van der Waals surface area contributed by atoms with Crippen LogP contribution in [0.5, 0.6) is 0 Å². The quantitative estimate of drug-likeness (QED) is 0.637. The van der Waals surface area contributed by atoms with Gasteiger partial charge >= 0.3 is 0 Å². The number of hydrogen-bond donors (Lipinski definition) is 1. The van der Waals surface area contributed by atoms with Gasteiger partial charge in [-0.05, 0) is 37.3 Å². The van der Waals surface area contributed by atoms with Gasteiger partial charge in [0.2, 0.25) is 0 Å². The van der Waals surface area contributed by atoms with Crippen LogP contribution in [0, 0.1) is 18.8 Å². The molecule has 0 aliphatic heterocycles. The Balaban J connectivity index is 1.55. The van der Waals surface area contributed by atoms with Crippen LogP contribution >= 0.6 is 22.9 Å². The number of thiophene rings is 1. The number of rotatable bonds is 2. The van der Waals surface area contributed by atoms with Crippen molar-refractivity contribution in [2.75, 3.05) is 0 Å². The molecule has 2 aliphatic rings. The Labute approximate surface area is 137 Å². The minimum atomic E-state index is -0.217. The van der Waals surface area contributed by atoms with Crippen LogP contribution in [-0.2, 0) is 0 Å². The van der Waals surface area contributed by atoms with E-state index in [-0.39, 0.29) is 5.91 Å². The highest BCUT2D eigenvalue weighted by Gasteiger charge is 2.38. The molecule has 3 nitrogen and oxygen atoms in total. The second-order valence-electron chi connectivity index (χ2n) is 5.93. The molecule has 22 heavy (non-hydrogen) atoms. The number of hydrazone groups is 1. The van der Waals surface area contributed by atoms with Gasteiger partial charge in [-0.15, -0.1) is 11.3 Å². The van der Waals surface area contributed by atoms with Crippen LogP contribution in [0.3, 0.4) is 0 Å². The molecule has 0 spiro atoms. The van der Waals surface area contributed by atoms with Gasteiger partial charge in [-0.2, -0.15) is 5.10 Å². The fraction of sp³-hybridized carbons (Fsp3) is 0.294. The fourth-order valence-corrected chi connectivity index (χ4v) is 4.66. The van der Waals surface area contributed by atoms with Gasteiger partial charge in [0.15, 0.2) is 0 Å². The van der Waals surface area contributed by atoms with E-state index in [1.165, 1.54) is 11.3 Å². The van der Waals surface area contributed by atoms with Crippen molar-refractivity contribution < 1.29 is 4.79 Å². The Morgan fingerprint density at radius 1 is 1.45 bits per heavy atom. The monoisotopic (exact) mass is 330 g/mol. The second-order valence-corrected chi connectivity index (χ2v) is 7.36. The number of carbonyl (C=O) groups is 1. The van der Waals surface area contributed by atoms with E-state index in [9.17, 15) is 4.79 Å². The molecule has 2 aliphatic carbocycles. The second kappa shape index (κ2) is 5.21. The molecular formula is C17H15ClN2OS. The lowest BCUT2D eigenvalue weighted by Gasteiger charge is -2.31. The van der Waals surface area contributed by atoms with E-state index in [4.69, 9.17) is 11.6 Å². The standard InChI is InChI=1S/C17H15ClN2OS/c1-9-5-6-12-14(7-9)22-16(15(12)18)17(21)20-19-13-8-10-3-2-4-11(10)13/h2-3,5-7,10-11H,4,8H2,1H3,(H,20,21). The average molecular weight is 331 g/mol. The molecule has 1 heterocycles. The Morgan fingerprint density at radius 2 is 2.32 bits per heavy atom. The molecule has 4 rings (SSSR count). The summed E-state index contributed by atoms with van der Waals surface area (Å²) in [5, 5.41) is 5.75. The highest BCUT2D eigenvalue weighted by Crippen LogP contribution is 2.40. The van der Waals surface area contributed by atoms with E-state index >= 15 is 0 Å². The number of aryl methyl sites for hydroxylation is 1. The highest BCUT2D eigenvalue weighted by atomic mass is 35.5. The van der Waals surface area contributed by atoms with Crippen LogP contribution in [0.2, 0.25) is 5.02 Å². The summed E-state index contributed by atoms with van der Waals surface area (Å²) in [6, 6.07) is 6.02. The third kappa shape index (κ3) is 2.18. The summed E-state index contributed by atoms with van der Waals surface area (Å²) in [6.45, 7) is 2.03. The van der Waals surface area contributed by atoms with Crippen molar-refractivity contribution >= 4 is 44.6 Å². The average Bonchev–Trinajstić information content (AvgIpc) is 3.00. The number of benzene rings is 1. The number of carbonyl (C=O) groups excluding carboxylic acids is 1. The zero-order valence-electron chi connectivity index (χ0n) is 12.1. The molecular weight excluding hydrogens is 316 g/mol. The fourth-order valence-electron chi connectivity index (χ4n) is 3.16. The summed E-state index contributed by atoms with van der Waals surface area (Å²) < 4.78 is 1.03. The molecule has 1 fully saturated rings. The van der Waals surface area contributed by atoms with Crippen LogP contribution in [0.15, 0.2) is 35.5 Å². The van der Waals surface area contributed by atoms with Gasteiger partial charge in [0, 0.05) is 21.7 Å². The lowest BCUT2D eigenvalue weighted by molar-refractivity contribution is 0.0958. The molecule has 5 heteroatoms. The number of fused-ring (bicyclic) bond motifs is 2. The predicted octanol–water partition coefficient (Wildman–Crippen LogP) is 4.54. The van der Waals surface area contributed by atoms with Gasteiger partial charge in [-0.3, -0.25) is 4.79 Å². The largest absolute Gasteiger partial charge is 0.283 e. The van der Waals surface area contributed by atoms with Crippen molar-refractivity contribution in [2.45, 2.75) is 19.8 Å². The summed E-state index contributed by atoms with van der Waals surface area (Å²) in [4.78, 5) is 12.9. The molecule has 1 N–H and O–H groups in total. The first-order chi connectivity index (χ1) is 10.6. The van der Waals surface area contributed by atoms with Crippen LogP contribution < -0.4 is 5.43 Å². The van der Waals surface area contributed by atoms with Crippen molar-refractivity contribution in [3.63, 3.8) is 0 Å². The Morgan fingerprint density at radius 3 is 3.14 bits per heavy atom. The summed E-state index contributed by atoms with van der Waals surface area (Å²) in [7, 11) is 0. The summed E-state index contributed by atoms with van der Waals surface area (Å²) in [5.74, 6) is 0.915. The van der Waals surface area contributed by atoms with Crippen molar-refractivity contribution in [3.05, 3.63) is 45.8 Å². The van der Waals surface area contributed by atoms with Crippen molar-refractivity contribution in [2.24, 2.45) is 16.9 Å². The lowest BCUT2D eigenvalue weighted by atomic mass is 9.74. The molecule has 1 saturated carbocycles. The summed E-state index contributed by atoms with van der Waals surface area (Å²) in [6.07, 6.45) is 6.45. The van der Waals surface area contributed by atoms with Crippen LogP contribution in [-0.4, -0.2) is 11.6 Å². The molecule has 0 bridgehead atoms. The first-order valence-corrected chi connectivity index (χ1v) is 8.55. The number of nitrogens with zero attached hydrogens (tertiary/aromatic N) is 1. The van der Waals surface area contributed by atoms with Crippen molar-refractivity contribution in [3.8, 4) is 0 Å². The van der Waals surface area contributed by atoms with Gasteiger partial charge in [0.1, 0.15) is 4.88 Å². The lowest BCUT2D eigenvalue weighted by Crippen LogP contribution is -2.35. The Kier molecular flexibility index (Phi) is 3.31. The van der Waals surface area contributed by atoms with E-state index in [1.54, 1.807) is 0 Å². The topological polar surface area (TPSA) is 41.5 Å². The maximum absolute atomic E-state index is 12.3. The molecule has 112 valence electrons. The Bertz CT molecular complexity index is 837. The molecule has 2 aromatic rings. The number of halogens is 1. The number of allylic oxidation sites excluding steroid dienone is 2. The molecule has 0 radical (unpaired) electrons. The maximum Gasteiger partial charge on any atom is 0.283 e. The van der Waals surface area contributed by atoms with Crippen LogP contribution in [0.1, 0.15) is 28.1 Å². The van der Waals surface area contributed by atoms with Gasteiger partial charge in [0.25, 0.3) is 5.91 Å². The predicted molar refractivity (Wildman–Crippen MR) is 91.8 cm³/mol. The molecule has 2 atom stereocenters. The number of hydrogen-bond acceptors (Lipinski definition) is 3. The van der Waals surface area contributed by atoms with Gasteiger partial charge < -0.3 is 0 Å². The van der Waals surface area contributed by atoms with Gasteiger partial charge in [-0.1, -0.05) is 35.9 Å². The van der Waals surface area contributed by atoms with Crippen LogP contribution in [0.4, 0.5) is 0 Å². The van der Waals surface area contributed by atoms with Crippen molar-refractivity contribution in [1.29, 1.82) is 0 Å². The van der Waals surface area contributed by atoms with E-state index < -0.39 is 0 Å². The maximum atomic E-state index is 12.3. The first-order valence-electron chi connectivity index (χ1n) is 7.35. The van der Waals surface area contributed by atoms with E-state index in [0.29, 0.717) is 21.7 Å². The van der Waals surface area contributed by atoms with E-state index in [2.05, 4.69) is 28.7 Å². The molecule has 1 aromatic heterocycles. The van der Waals surface area contributed by atoms with Crippen LogP contribution in [0.25, 0.3) is 10.1 Å². The number of nitrogens with one attached hydrogen (secondary N) is 1. The highest BCUT2D eigenvalue weighted by molar-refractivity contribution is 7.21. The zero-order chi connectivity index (χ0) is 15.3. The summed E-state index contributed by atoms with van der Waals surface area (Å²) >= 11 is 7.77. The van der Waals surface area contributed by atoms with Gasteiger partial charge in [0.05, 0.1) is 5.02 Å².